The summed E-state index contributed by atoms with van der Waals surface area (Å²) in [5.74, 6) is 1.31. The summed E-state index contributed by atoms with van der Waals surface area (Å²) in [5, 5.41) is 21.2. The van der Waals surface area contributed by atoms with E-state index in [0.717, 1.165) is 41.6 Å². The van der Waals surface area contributed by atoms with Crippen molar-refractivity contribution in [1.82, 2.24) is 25.1 Å². The van der Waals surface area contributed by atoms with Gasteiger partial charge in [-0.2, -0.15) is 9.94 Å². The summed E-state index contributed by atoms with van der Waals surface area (Å²) in [7, 11) is 0. The third-order valence-corrected chi connectivity index (χ3v) is 7.22. The van der Waals surface area contributed by atoms with E-state index in [0.29, 0.717) is 30.0 Å². The zero-order chi connectivity index (χ0) is 24.7. The first kappa shape index (κ1) is 23.6. The van der Waals surface area contributed by atoms with Crippen molar-refractivity contribution in [3.8, 4) is 11.8 Å². The number of tetrazole rings is 1. The molecule has 1 aliphatic heterocycles. The van der Waals surface area contributed by atoms with Gasteiger partial charge in [-0.3, -0.25) is 4.79 Å². The van der Waals surface area contributed by atoms with Gasteiger partial charge in [0.05, 0.1) is 28.6 Å². The van der Waals surface area contributed by atoms with Gasteiger partial charge in [0.15, 0.2) is 5.82 Å². The molecule has 0 N–H and O–H groups in total. The molecule has 9 heteroatoms. The molecule has 0 aliphatic carbocycles. The van der Waals surface area contributed by atoms with E-state index in [2.05, 4.69) is 26.5 Å². The first-order valence-corrected chi connectivity index (χ1v) is 12.8. The maximum atomic E-state index is 13.6. The lowest BCUT2D eigenvalue weighted by molar-refractivity contribution is 0.0763. The van der Waals surface area contributed by atoms with E-state index in [1.165, 1.54) is 0 Å². The van der Waals surface area contributed by atoms with Crippen LogP contribution in [-0.2, 0) is 5.75 Å². The van der Waals surface area contributed by atoms with Crippen molar-refractivity contribution < 1.29 is 4.79 Å². The first-order valence-electron chi connectivity index (χ1n) is 11.8. The minimum atomic E-state index is 0.0439. The van der Waals surface area contributed by atoms with Crippen LogP contribution < -0.4 is 4.90 Å². The number of nitriles is 1. The van der Waals surface area contributed by atoms with E-state index >= 15 is 0 Å². The molecule has 8 nitrogen and oxygen atoms in total. The van der Waals surface area contributed by atoms with E-state index in [1.54, 1.807) is 16.4 Å². The van der Waals surface area contributed by atoms with Gasteiger partial charge in [-0.05, 0) is 65.4 Å². The summed E-state index contributed by atoms with van der Waals surface area (Å²) in [4.78, 5) is 18.7. The molecular formula is C27H25N7OS. The Labute approximate surface area is 214 Å². The van der Waals surface area contributed by atoms with Crippen LogP contribution in [0, 0.1) is 11.3 Å². The van der Waals surface area contributed by atoms with Gasteiger partial charge in [0.25, 0.3) is 5.91 Å². The van der Waals surface area contributed by atoms with Gasteiger partial charge in [-0.15, -0.1) is 16.9 Å². The van der Waals surface area contributed by atoms with Gasteiger partial charge in [0, 0.05) is 36.8 Å². The quantitative estimate of drug-likeness (QED) is 0.371. The highest BCUT2D eigenvalue weighted by molar-refractivity contribution is 7.98. The number of rotatable bonds is 6. The van der Waals surface area contributed by atoms with Crippen LogP contribution in [0.2, 0.25) is 0 Å². The predicted octanol–water partition coefficient (Wildman–Crippen LogP) is 4.18. The van der Waals surface area contributed by atoms with Crippen LogP contribution in [0.3, 0.4) is 0 Å². The second-order valence-electron chi connectivity index (χ2n) is 8.42. The number of benzene rings is 3. The fraction of sp³-hybridized carbons (Fsp3) is 0.222. The first-order chi connectivity index (χ1) is 17.7. The van der Waals surface area contributed by atoms with Crippen LogP contribution >= 0.6 is 11.8 Å². The standard InChI is InChI=1S/C27H25N7OS/c28-19-21-11-13-22(14-12-21)32-15-6-16-33(18-17-32)27(35)24-9-4-5-10-25(24)36-20-26-29-30-31-34(26)23-7-2-1-3-8-23/h1-5,7-14H,6,15-18,20H2. The molecule has 0 bridgehead atoms. The van der Waals surface area contributed by atoms with Gasteiger partial charge in [0.1, 0.15) is 0 Å². The third kappa shape index (κ3) is 5.24. The number of anilines is 1. The second kappa shape index (κ2) is 11.1. The lowest BCUT2D eigenvalue weighted by atomic mass is 10.2. The van der Waals surface area contributed by atoms with Crippen molar-refractivity contribution in [2.45, 2.75) is 17.1 Å². The molecule has 3 aromatic carbocycles. The zero-order valence-corrected chi connectivity index (χ0v) is 20.5. The minimum absolute atomic E-state index is 0.0439. The lowest BCUT2D eigenvalue weighted by Crippen LogP contribution is -2.35. The Hall–Kier alpha value is -4.16. The molecule has 36 heavy (non-hydrogen) atoms. The molecule has 0 radical (unpaired) electrons. The van der Waals surface area contributed by atoms with Gasteiger partial charge in [0.2, 0.25) is 0 Å². The van der Waals surface area contributed by atoms with E-state index in [-0.39, 0.29) is 5.91 Å². The summed E-state index contributed by atoms with van der Waals surface area (Å²) in [6.07, 6.45) is 0.882. The normalized spacial score (nSPS) is 13.8. The Morgan fingerprint density at radius 3 is 2.47 bits per heavy atom. The molecule has 1 amide bonds. The van der Waals surface area contributed by atoms with Gasteiger partial charge < -0.3 is 9.80 Å². The largest absolute Gasteiger partial charge is 0.370 e. The van der Waals surface area contributed by atoms with Crippen molar-refractivity contribution in [3.63, 3.8) is 0 Å². The Bertz CT molecular complexity index is 1360. The van der Waals surface area contributed by atoms with Crippen molar-refractivity contribution >= 4 is 23.4 Å². The number of carbonyl (C=O) groups is 1. The molecule has 5 rings (SSSR count). The Balaban J connectivity index is 1.27. The van der Waals surface area contributed by atoms with Gasteiger partial charge >= 0.3 is 0 Å². The summed E-state index contributed by atoms with van der Waals surface area (Å²) in [6.45, 7) is 2.97. The molecule has 1 aliphatic rings. The fourth-order valence-electron chi connectivity index (χ4n) is 4.27. The Kier molecular flexibility index (Phi) is 7.24. The van der Waals surface area contributed by atoms with Crippen LogP contribution in [0.15, 0.2) is 83.8 Å². The van der Waals surface area contributed by atoms with Gasteiger partial charge in [-0.1, -0.05) is 30.3 Å². The number of nitrogens with zero attached hydrogens (tertiary/aromatic N) is 7. The predicted molar refractivity (Wildman–Crippen MR) is 139 cm³/mol. The minimum Gasteiger partial charge on any atom is -0.370 e. The molecule has 4 aromatic rings. The van der Waals surface area contributed by atoms with Crippen molar-refractivity contribution in [2.24, 2.45) is 0 Å². The molecule has 0 unspecified atom stereocenters. The Morgan fingerprint density at radius 1 is 0.889 bits per heavy atom. The number of para-hydroxylation sites is 1. The average Bonchev–Trinajstić information content (AvgIpc) is 3.28. The maximum absolute atomic E-state index is 13.6. The zero-order valence-electron chi connectivity index (χ0n) is 19.7. The third-order valence-electron chi connectivity index (χ3n) is 6.15. The van der Waals surface area contributed by atoms with Crippen molar-refractivity contribution in [1.29, 1.82) is 5.26 Å². The lowest BCUT2D eigenvalue weighted by Gasteiger charge is -2.24. The number of hydrogen-bond acceptors (Lipinski definition) is 7. The van der Waals surface area contributed by atoms with Crippen LogP contribution in [0.25, 0.3) is 5.69 Å². The number of amides is 1. The van der Waals surface area contributed by atoms with Crippen LogP contribution in [0.4, 0.5) is 5.69 Å². The highest BCUT2D eigenvalue weighted by Gasteiger charge is 2.23. The van der Waals surface area contributed by atoms with Crippen LogP contribution in [0.1, 0.15) is 28.2 Å². The molecular weight excluding hydrogens is 470 g/mol. The van der Waals surface area contributed by atoms with E-state index in [1.807, 2.05) is 83.8 Å². The monoisotopic (exact) mass is 495 g/mol. The second-order valence-corrected chi connectivity index (χ2v) is 9.44. The topological polar surface area (TPSA) is 90.9 Å². The Morgan fingerprint density at radius 2 is 1.67 bits per heavy atom. The number of aromatic nitrogens is 4. The highest BCUT2D eigenvalue weighted by Crippen LogP contribution is 2.28. The fourth-order valence-corrected chi connectivity index (χ4v) is 5.22. The highest BCUT2D eigenvalue weighted by atomic mass is 32.2. The van der Waals surface area contributed by atoms with E-state index in [4.69, 9.17) is 5.26 Å². The summed E-state index contributed by atoms with van der Waals surface area (Å²) in [5.41, 5.74) is 3.33. The number of thioether (sulfide) groups is 1. The average molecular weight is 496 g/mol. The van der Waals surface area contributed by atoms with E-state index < -0.39 is 0 Å². The summed E-state index contributed by atoms with van der Waals surface area (Å²) < 4.78 is 1.73. The van der Waals surface area contributed by atoms with Crippen molar-refractivity contribution in [2.75, 3.05) is 31.1 Å². The SMILES string of the molecule is N#Cc1ccc(N2CCCN(C(=O)c3ccccc3SCc3nnnn3-c3ccccc3)CC2)cc1. The molecule has 0 saturated carbocycles. The number of hydrogen-bond donors (Lipinski definition) is 0. The number of carbonyl (C=O) groups excluding carboxylic acids is 1. The summed E-state index contributed by atoms with van der Waals surface area (Å²) >= 11 is 1.56. The molecule has 0 atom stereocenters. The maximum Gasteiger partial charge on any atom is 0.255 e. The molecule has 1 fully saturated rings. The van der Waals surface area contributed by atoms with Crippen LogP contribution in [0.5, 0.6) is 0 Å². The van der Waals surface area contributed by atoms with E-state index in [9.17, 15) is 4.79 Å². The summed E-state index contributed by atoms with van der Waals surface area (Å²) in [6, 6.07) is 27.3. The molecule has 1 aromatic heterocycles. The molecule has 2 heterocycles. The van der Waals surface area contributed by atoms with Crippen molar-refractivity contribution in [3.05, 3.63) is 95.8 Å². The molecule has 1 saturated heterocycles. The van der Waals surface area contributed by atoms with Crippen LogP contribution in [-0.4, -0.2) is 57.2 Å². The molecule has 180 valence electrons. The smallest absolute Gasteiger partial charge is 0.255 e. The molecule has 0 spiro atoms. The van der Waals surface area contributed by atoms with Gasteiger partial charge in [-0.25, -0.2) is 0 Å².